The summed E-state index contributed by atoms with van der Waals surface area (Å²) < 4.78 is 26.2. The van der Waals surface area contributed by atoms with E-state index in [1.165, 1.54) is 12.1 Å². The van der Waals surface area contributed by atoms with E-state index >= 15 is 0 Å². The Bertz CT molecular complexity index is 401. The van der Waals surface area contributed by atoms with Gasteiger partial charge in [0.15, 0.2) is 0 Å². The van der Waals surface area contributed by atoms with E-state index < -0.39 is 24.0 Å². The third kappa shape index (κ3) is 1.71. The van der Waals surface area contributed by atoms with Crippen molar-refractivity contribution in [1.29, 1.82) is 0 Å². The number of hydrogen-bond acceptors (Lipinski definition) is 2. The van der Waals surface area contributed by atoms with Crippen molar-refractivity contribution < 1.29 is 13.9 Å². The number of rotatable bonds is 3. The molecule has 1 fully saturated rings. The van der Waals surface area contributed by atoms with Gasteiger partial charge in [-0.25, -0.2) is 8.78 Å². The largest absolute Gasteiger partial charge is 0.393 e. The van der Waals surface area contributed by atoms with Crippen LogP contribution in [0, 0.1) is 5.92 Å². The zero-order valence-electron chi connectivity index (χ0n) is 8.41. The zero-order valence-corrected chi connectivity index (χ0v) is 9.16. The molecule has 1 aromatic rings. The van der Waals surface area contributed by atoms with Crippen LogP contribution in [0.15, 0.2) is 24.3 Å². The molecule has 1 aliphatic rings. The van der Waals surface area contributed by atoms with Gasteiger partial charge in [0.2, 0.25) is 0 Å². The predicted octanol–water partition coefficient (Wildman–Crippen LogP) is 2.14. The van der Waals surface area contributed by atoms with Crippen LogP contribution in [0.1, 0.15) is 12.0 Å². The lowest BCUT2D eigenvalue weighted by Gasteiger charge is -2.30. The van der Waals surface area contributed by atoms with Gasteiger partial charge in [-0.15, -0.1) is 0 Å². The summed E-state index contributed by atoms with van der Waals surface area (Å²) in [6.07, 6.45) is -3.21. The Kier molecular flexibility index (Phi) is 2.90. The maximum Gasteiger partial charge on any atom is 0.260 e. The van der Waals surface area contributed by atoms with Crippen molar-refractivity contribution in [2.45, 2.75) is 24.5 Å². The number of halogens is 3. The maximum atomic E-state index is 13.1. The van der Waals surface area contributed by atoms with Crippen LogP contribution in [0.3, 0.4) is 0 Å². The molecular weight excluding hydrogens is 236 g/mol. The van der Waals surface area contributed by atoms with Crippen LogP contribution in [-0.2, 0) is 5.54 Å². The standard InChI is InChI=1S/C11H12ClF2NO/c12-8-4-2-1-3-6(8)11(15,10(13)14)7-5-9(7)16/h1-4,7,9-10,16H,5,15H2/t7-,9+,11-/m1/s1. The summed E-state index contributed by atoms with van der Waals surface area (Å²) in [5, 5.41) is 9.52. The lowest BCUT2D eigenvalue weighted by molar-refractivity contribution is 0.0283. The summed E-state index contributed by atoms with van der Waals surface area (Å²) in [5.41, 5.74) is 4.12. The van der Waals surface area contributed by atoms with Crippen LogP contribution in [0.5, 0.6) is 0 Å². The van der Waals surface area contributed by atoms with Gasteiger partial charge in [0.05, 0.1) is 6.10 Å². The summed E-state index contributed by atoms with van der Waals surface area (Å²) in [4.78, 5) is 0. The molecule has 0 spiro atoms. The highest BCUT2D eigenvalue weighted by Gasteiger charge is 2.56. The van der Waals surface area contributed by atoms with Crippen LogP contribution < -0.4 is 5.73 Å². The first-order valence-corrected chi connectivity index (χ1v) is 5.35. The van der Waals surface area contributed by atoms with Crippen molar-refractivity contribution in [1.82, 2.24) is 0 Å². The molecule has 0 amide bonds. The Morgan fingerprint density at radius 3 is 2.44 bits per heavy atom. The van der Waals surface area contributed by atoms with Crippen LogP contribution in [0.2, 0.25) is 5.02 Å². The number of benzene rings is 1. The SMILES string of the molecule is N[C@@](c1ccccc1Cl)(C(F)F)[C@@H]1C[C@@H]1O. The van der Waals surface area contributed by atoms with E-state index in [-0.39, 0.29) is 10.6 Å². The lowest BCUT2D eigenvalue weighted by atomic mass is 9.86. The molecule has 16 heavy (non-hydrogen) atoms. The molecule has 0 aromatic heterocycles. The summed E-state index contributed by atoms with van der Waals surface area (Å²) in [6, 6.07) is 6.27. The summed E-state index contributed by atoms with van der Waals surface area (Å²) >= 11 is 5.88. The Hall–Kier alpha value is -0.710. The van der Waals surface area contributed by atoms with Crippen LogP contribution in [0.25, 0.3) is 0 Å². The fraction of sp³-hybridized carbons (Fsp3) is 0.455. The van der Waals surface area contributed by atoms with Crippen LogP contribution >= 0.6 is 11.6 Å². The Morgan fingerprint density at radius 2 is 2.00 bits per heavy atom. The van der Waals surface area contributed by atoms with Crippen LogP contribution in [0.4, 0.5) is 8.78 Å². The summed E-state index contributed by atoms with van der Waals surface area (Å²) in [5.74, 6) is -0.618. The normalized spacial score (nSPS) is 27.9. The molecule has 3 atom stereocenters. The minimum atomic E-state index is -2.76. The molecule has 1 aromatic carbocycles. The van der Waals surface area contributed by atoms with Crippen molar-refractivity contribution >= 4 is 11.6 Å². The average Bonchev–Trinajstić information content (AvgIpc) is 2.95. The molecule has 88 valence electrons. The molecule has 0 radical (unpaired) electrons. The van der Waals surface area contributed by atoms with Crippen molar-refractivity contribution in [2.75, 3.05) is 0 Å². The highest BCUT2D eigenvalue weighted by molar-refractivity contribution is 6.31. The summed E-state index contributed by atoms with van der Waals surface area (Å²) in [6.45, 7) is 0. The first-order chi connectivity index (χ1) is 7.48. The van der Waals surface area contributed by atoms with Crippen molar-refractivity contribution in [3.8, 4) is 0 Å². The van der Waals surface area contributed by atoms with Crippen LogP contribution in [-0.4, -0.2) is 17.6 Å². The van der Waals surface area contributed by atoms with E-state index in [2.05, 4.69) is 0 Å². The van der Waals surface area contributed by atoms with Crippen molar-refractivity contribution in [3.05, 3.63) is 34.9 Å². The number of alkyl halides is 2. The molecule has 2 nitrogen and oxygen atoms in total. The molecule has 3 N–H and O–H groups in total. The highest BCUT2D eigenvalue weighted by Crippen LogP contribution is 2.49. The quantitative estimate of drug-likeness (QED) is 0.860. The minimum absolute atomic E-state index is 0.202. The number of aliphatic hydroxyl groups excluding tert-OH is 1. The second-order valence-corrected chi connectivity index (χ2v) is 4.53. The second-order valence-electron chi connectivity index (χ2n) is 4.12. The first kappa shape index (κ1) is 11.8. The molecule has 5 heteroatoms. The van der Waals surface area contributed by atoms with Gasteiger partial charge in [-0.2, -0.15) is 0 Å². The molecule has 0 bridgehead atoms. The van der Waals surface area contributed by atoms with Gasteiger partial charge in [0.25, 0.3) is 6.43 Å². The van der Waals surface area contributed by atoms with Crippen molar-refractivity contribution in [3.63, 3.8) is 0 Å². The van der Waals surface area contributed by atoms with E-state index in [0.29, 0.717) is 6.42 Å². The van der Waals surface area contributed by atoms with Crippen molar-refractivity contribution in [2.24, 2.45) is 11.7 Å². The minimum Gasteiger partial charge on any atom is -0.393 e. The number of nitrogens with two attached hydrogens (primary N) is 1. The van der Waals surface area contributed by atoms with Gasteiger partial charge < -0.3 is 10.8 Å². The Balaban J connectivity index is 2.44. The van der Waals surface area contributed by atoms with Gasteiger partial charge in [-0.1, -0.05) is 29.8 Å². The Labute approximate surface area is 97.0 Å². The van der Waals surface area contributed by atoms with Gasteiger partial charge in [0.1, 0.15) is 5.54 Å². The monoisotopic (exact) mass is 247 g/mol. The van der Waals surface area contributed by atoms with Gasteiger partial charge in [-0.05, 0) is 18.1 Å². The third-order valence-corrected chi connectivity index (χ3v) is 3.40. The van der Waals surface area contributed by atoms with E-state index in [1.54, 1.807) is 12.1 Å². The molecule has 0 unspecified atom stereocenters. The van der Waals surface area contributed by atoms with Gasteiger partial charge >= 0.3 is 0 Å². The highest BCUT2D eigenvalue weighted by atomic mass is 35.5. The van der Waals surface area contributed by atoms with E-state index in [1.807, 2.05) is 0 Å². The average molecular weight is 248 g/mol. The second kappa shape index (κ2) is 3.95. The number of aliphatic hydroxyl groups is 1. The molecule has 1 aliphatic carbocycles. The summed E-state index contributed by atoms with van der Waals surface area (Å²) in [7, 11) is 0. The van der Waals surface area contributed by atoms with E-state index in [4.69, 9.17) is 17.3 Å². The lowest BCUT2D eigenvalue weighted by Crippen LogP contribution is -2.47. The fourth-order valence-corrected chi connectivity index (χ4v) is 2.29. The molecule has 0 heterocycles. The first-order valence-electron chi connectivity index (χ1n) is 4.98. The Morgan fingerprint density at radius 1 is 1.44 bits per heavy atom. The number of hydrogen-bond donors (Lipinski definition) is 2. The molecule has 1 saturated carbocycles. The molecule has 2 rings (SSSR count). The van der Waals surface area contributed by atoms with Gasteiger partial charge in [-0.3, -0.25) is 0 Å². The zero-order chi connectivity index (χ0) is 11.9. The maximum absolute atomic E-state index is 13.1. The fourth-order valence-electron chi connectivity index (χ4n) is 1.99. The topological polar surface area (TPSA) is 46.2 Å². The smallest absolute Gasteiger partial charge is 0.260 e. The van der Waals surface area contributed by atoms with E-state index in [9.17, 15) is 13.9 Å². The predicted molar refractivity (Wildman–Crippen MR) is 57.4 cm³/mol. The van der Waals surface area contributed by atoms with E-state index in [0.717, 1.165) is 0 Å². The molecule has 0 saturated heterocycles. The molecular formula is C11H12ClF2NO. The van der Waals surface area contributed by atoms with Gasteiger partial charge in [0, 0.05) is 10.9 Å². The molecule has 0 aliphatic heterocycles. The third-order valence-electron chi connectivity index (χ3n) is 3.07.